The van der Waals surface area contributed by atoms with Crippen molar-refractivity contribution in [3.63, 3.8) is 0 Å². The van der Waals surface area contributed by atoms with Crippen molar-refractivity contribution >= 4 is 32.4 Å². The van der Waals surface area contributed by atoms with E-state index < -0.39 is 15.9 Å². The van der Waals surface area contributed by atoms with E-state index in [1.165, 1.54) is 30.5 Å². The molecule has 0 fully saturated rings. The van der Waals surface area contributed by atoms with Crippen molar-refractivity contribution in [1.82, 2.24) is 14.9 Å². The summed E-state index contributed by atoms with van der Waals surface area (Å²) in [5.74, 6) is -0.408. The fraction of sp³-hybridized carbons (Fsp3) is 0.357. The van der Waals surface area contributed by atoms with Crippen molar-refractivity contribution in [1.29, 1.82) is 0 Å². The van der Waals surface area contributed by atoms with Crippen LogP contribution >= 0.6 is 11.3 Å². The molecule has 7 nitrogen and oxygen atoms in total. The van der Waals surface area contributed by atoms with Gasteiger partial charge in [0.15, 0.2) is 0 Å². The highest BCUT2D eigenvalue weighted by Crippen LogP contribution is 2.20. The molecule has 1 aromatic carbocycles. The third-order valence-electron chi connectivity index (χ3n) is 3.18. The van der Waals surface area contributed by atoms with Crippen LogP contribution in [0.25, 0.3) is 0 Å². The number of aryl methyl sites for hydroxylation is 2. The maximum atomic E-state index is 12.4. The second-order valence-electron chi connectivity index (χ2n) is 4.89. The van der Waals surface area contributed by atoms with Gasteiger partial charge in [0.25, 0.3) is 5.91 Å². The molecule has 23 heavy (non-hydrogen) atoms. The van der Waals surface area contributed by atoms with Crippen molar-refractivity contribution in [3.8, 4) is 0 Å². The molecule has 0 radical (unpaired) electrons. The van der Waals surface area contributed by atoms with Crippen LogP contribution in [0.2, 0.25) is 0 Å². The van der Waals surface area contributed by atoms with Crippen molar-refractivity contribution in [2.45, 2.75) is 31.6 Å². The Morgan fingerprint density at radius 2 is 2.04 bits per heavy atom. The van der Waals surface area contributed by atoms with Gasteiger partial charge in [0.1, 0.15) is 5.01 Å². The zero-order chi connectivity index (χ0) is 17.0. The van der Waals surface area contributed by atoms with Gasteiger partial charge < -0.3 is 0 Å². The number of carbonyl (C=O) groups excluding carboxylic acids is 1. The van der Waals surface area contributed by atoms with Crippen molar-refractivity contribution in [3.05, 3.63) is 34.3 Å². The second kappa shape index (κ2) is 7.16. The van der Waals surface area contributed by atoms with Crippen molar-refractivity contribution < 1.29 is 13.2 Å². The molecule has 1 amide bonds. The topological polar surface area (TPSA) is 101 Å². The molecular weight excluding hydrogens is 336 g/mol. The number of rotatable bonds is 6. The third-order valence-corrected chi connectivity index (χ3v) is 5.49. The molecule has 1 aromatic heterocycles. The summed E-state index contributed by atoms with van der Waals surface area (Å²) >= 11 is 1.32. The lowest BCUT2D eigenvalue weighted by molar-refractivity contribution is 0.102. The fourth-order valence-electron chi connectivity index (χ4n) is 1.91. The van der Waals surface area contributed by atoms with Crippen LogP contribution < -0.4 is 10.0 Å². The van der Waals surface area contributed by atoms with E-state index in [-0.39, 0.29) is 10.5 Å². The summed E-state index contributed by atoms with van der Waals surface area (Å²) in [6, 6.07) is 4.41. The van der Waals surface area contributed by atoms with Crippen molar-refractivity contribution in [2.24, 2.45) is 0 Å². The maximum absolute atomic E-state index is 12.4. The predicted octanol–water partition coefficient (Wildman–Crippen LogP) is 1.96. The van der Waals surface area contributed by atoms with Gasteiger partial charge in [-0.25, -0.2) is 13.1 Å². The van der Waals surface area contributed by atoms with E-state index in [2.05, 4.69) is 20.2 Å². The summed E-state index contributed by atoms with van der Waals surface area (Å²) in [6.45, 7) is 3.78. The Balaban J connectivity index is 2.26. The Bertz CT molecular complexity index is 815. The Morgan fingerprint density at radius 1 is 1.30 bits per heavy atom. The van der Waals surface area contributed by atoms with Gasteiger partial charge in [-0.1, -0.05) is 24.3 Å². The average Bonchev–Trinajstić information content (AvgIpc) is 2.95. The normalized spacial score (nSPS) is 11.4. The standard InChI is InChI=1S/C14H18N4O3S2/c1-4-5-12-17-18-14(22-12)16-13(19)11-8-10(7-6-9(11)2)23(20,21)15-3/h6-8,15H,4-5H2,1-3H3,(H,16,18,19). The molecule has 0 unspecified atom stereocenters. The molecule has 9 heteroatoms. The van der Waals surface area contributed by atoms with E-state index in [1.54, 1.807) is 13.0 Å². The Kier molecular flexibility index (Phi) is 5.45. The Hall–Kier alpha value is -1.84. The molecule has 0 spiro atoms. The first-order valence-corrected chi connectivity index (χ1v) is 9.35. The van der Waals surface area contributed by atoms with Gasteiger partial charge in [0.2, 0.25) is 15.2 Å². The third kappa shape index (κ3) is 4.12. The van der Waals surface area contributed by atoms with Crippen LogP contribution in [0.4, 0.5) is 5.13 Å². The van der Waals surface area contributed by atoms with Crippen LogP contribution in [-0.2, 0) is 16.4 Å². The lowest BCUT2D eigenvalue weighted by Gasteiger charge is -2.08. The van der Waals surface area contributed by atoms with Gasteiger partial charge in [-0.05, 0) is 38.1 Å². The number of nitrogens with one attached hydrogen (secondary N) is 2. The predicted molar refractivity (Wildman–Crippen MR) is 89.3 cm³/mol. The quantitative estimate of drug-likeness (QED) is 0.826. The van der Waals surface area contributed by atoms with Crippen LogP contribution in [0, 0.1) is 6.92 Å². The molecule has 2 N–H and O–H groups in total. The average molecular weight is 354 g/mol. The molecule has 0 aliphatic carbocycles. The lowest BCUT2D eigenvalue weighted by atomic mass is 10.1. The summed E-state index contributed by atoms with van der Waals surface area (Å²) in [4.78, 5) is 12.4. The number of nitrogens with zero attached hydrogens (tertiary/aromatic N) is 2. The van der Waals surface area contributed by atoms with Crippen LogP contribution in [0.3, 0.4) is 0 Å². The van der Waals surface area contributed by atoms with Crippen LogP contribution in [0.5, 0.6) is 0 Å². The highest BCUT2D eigenvalue weighted by atomic mass is 32.2. The minimum atomic E-state index is -3.60. The largest absolute Gasteiger partial charge is 0.296 e. The number of hydrogen-bond donors (Lipinski definition) is 2. The number of benzene rings is 1. The Morgan fingerprint density at radius 3 is 2.70 bits per heavy atom. The highest BCUT2D eigenvalue weighted by Gasteiger charge is 2.17. The van der Waals surface area contributed by atoms with E-state index >= 15 is 0 Å². The van der Waals surface area contributed by atoms with Gasteiger partial charge in [-0.2, -0.15) is 0 Å². The van der Waals surface area contributed by atoms with E-state index in [1.807, 2.05) is 6.92 Å². The minimum absolute atomic E-state index is 0.0414. The lowest BCUT2D eigenvalue weighted by Crippen LogP contribution is -2.20. The summed E-state index contributed by atoms with van der Waals surface area (Å²) in [7, 11) is -2.28. The molecule has 0 saturated heterocycles. The minimum Gasteiger partial charge on any atom is -0.296 e. The number of aromatic nitrogens is 2. The summed E-state index contributed by atoms with van der Waals surface area (Å²) in [6.07, 6.45) is 1.76. The summed E-state index contributed by atoms with van der Waals surface area (Å²) in [5.41, 5.74) is 0.962. The molecule has 0 atom stereocenters. The Labute approximate surface area is 139 Å². The van der Waals surface area contributed by atoms with Gasteiger partial charge in [0, 0.05) is 12.0 Å². The molecule has 2 rings (SSSR count). The summed E-state index contributed by atoms with van der Waals surface area (Å²) < 4.78 is 25.9. The number of anilines is 1. The zero-order valence-electron chi connectivity index (χ0n) is 13.1. The van der Waals surface area contributed by atoms with E-state index in [0.717, 1.165) is 17.8 Å². The smallest absolute Gasteiger partial charge is 0.257 e. The SMILES string of the molecule is CCCc1nnc(NC(=O)c2cc(S(=O)(=O)NC)ccc2C)s1. The first kappa shape index (κ1) is 17.5. The molecule has 0 aliphatic rings. The number of hydrogen-bond acceptors (Lipinski definition) is 6. The highest BCUT2D eigenvalue weighted by molar-refractivity contribution is 7.89. The molecular formula is C14H18N4O3S2. The second-order valence-corrected chi connectivity index (χ2v) is 7.84. The van der Waals surface area contributed by atoms with E-state index in [4.69, 9.17) is 0 Å². The van der Waals surface area contributed by atoms with Crippen LogP contribution in [-0.4, -0.2) is 31.6 Å². The van der Waals surface area contributed by atoms with E-state index in [0.29, 0.717) is 10.7 Å². The first-order chi connectivity index (χ1) is 10.9. The number of carbonyl (C=O) groups is 1. The van der Waals surface area contributed by atoms with E-state index in [9.17, 15) is 13.2 Å². The number of amides is 1. The van der Waals surface area contributed by atoms with Gasteiger partial charge >= 0.3 is 0 Å². The van der Waals surface area contributed by atoms with Crippen LogP contribution in [0.15, 0.2) is 23.1 Å². The van der Waals surface area contributed by atoms with Gasteiger partial charge in [-0.3, -0.25) is 10.1 Å². The molecule has 0 saturated carbocycles. The maximum Gasteiger partial charge on any atom is 0.257 e. The zero-order valence-corrected chi connectivity index (χ0v) is 14.7. The molecule has 0 aliphatic heterocycles. The van der Waals surface area contributed by atoms with Gasteiger partial charge in [0.05, 0.1) is 4.90 Å². The molecule has 124 valence electrons. The molecule has 1 heterocycles. The number of sulfonamides is 1. The monoisotopic (exact) mass is 354 g/mol. The van der Waals surface area contributed by atoms with Crippen molar-refractivity contribution in [2.75, 3.05) is 12.4 Å². The van der Waals surface area contributed by atoms with Crippen LogP contribution in [0.1, 0.15) is 34.3 Å². The molecule has 2 aromatic rings. The van der Waals surface area contributed by atoms with Gasteiger partial charge in [-0.15, -0.1) is 10.2 Å². The summed E-state index contributed by atoms with van der Waals surface area (Å²) in [5, 5.41) is 11.8. The molecule has 0 bridgehead atoms. The fourth-order valence-corrected chi connectivity index (χ4v) is 3.51. The first-order valence-electron chi connectivity index (χ1n) is 7.05.